The number of carbonyl (C=O) groups excluding carboxylic acids is 1. The van der Waals surface area contributed by atoms with Crippen LogP contribution < -0.4 is 0 Å². The van der Waals surface area contributed by atoms with Crippen molar-refractivity contribution < 1.29 is 9.53 Å². The molecule has 0 aliphatic heterocycles. The maximum Gasteiger partial charge on any atom is 0.313 e. The predicted molar refractivity (Wildman–Crippen MR) is 59.5 cm³/mol. The highest BCUT2D eigenvalue weighted by molar-refractivity contribution is 7.13. The first-order chi connectivity index (χ1) is 6.69. The lowest BCUT2D eigenvalue weighted by Gasteiger charge is -2.07. The summed E-state index contributed by atoms with van der Waals surface area (Å²) in [6.07, 6.45) is 1.78. The van der Waals surface area contributed by atoms with Crippen molar-refractivity contribution in [2.45, 2.75) is 19.8 Å². The van der Waals surface area contributed by atoms with Crippen LogP contribution in [0.2, 0.25) is 0 Å². The maximum absolute atomic E-state index is 11.4. The molecule has 0 saturated carbocycles. The Morgan fingerprint density at radius 1 is 1.71 bits per heavy atom. The van der Waals surface area contributed by atoms with E-state index in [1.807, 2.05) is 26.0 Å². The Hall–Kier alpha value is -1.09. The third-order valence-corrected chi connectivity index (χ3v) is 3.18. The van der Waals surface area contributed by atoms with Gasteiger partial charge in [0.15, 0.2) is 0 Å². The van der Waals surface area contributed by atoms with Gasteiger partial charge >= 0.3 is 5.97 Å². The molecule has 0 fully saturated rings. The van der Waals surface area contributed by atoms with Crippen LogP contribution in [-0.4, -0.2) is 12.6 Å². The lowest BCUT2D eigenvalue weighted by molar-refractivity contribution is -0.144. The largest absolute Gasteiger partial charge is 0.466 e. The van der Waals surface area contributed by atoms with E-state index in [2.05, 4.69) is 6.58 Å². The van der Waals surface area contributed by atoms with Crippen molar-refractivity contribution in [2.24, 2.45) is 0 Å². The lowest BCUT2D eigenvalue weighted by Crippen LogP contribution is -2.11. The lowest BCUT2D eigenvalue weighted by atomic mass is 10.1. The quantitative estimate of drug-likeness (QED) is 0.714. The second kappa shape index (κ2) is 4.96. The normalized spacial score (nSPS) is 12.1. The van der Waals surface area contributed by atoms with Crippen LogP contribution in [0.1, 0.15) is 29.5 Å². The standard InChI is InChI=1S/C11H14O2S/c1-4-9-6-7-10(14-9)8(3)11(12)13-5-2/h4,6-8H,1,5H2,2-3H3. The zero-order valence-corrected chi connectivity index (χ0v) is 9.26. The van der Waals surface area contributed by atoms with Gasteiger partial charge in [-0.3, -0.25) is 4.79 Å². The van der Waals surface area contributed by atoms with E-state index in [0.29, 0.717) is 6.61 Å². The summed E-state index contributed by atoms with van der Waals surface area (Å²) in [5.74, 6) is -0.335. The van der Waals surface area contributed by atoms with E-state index in [0.717, 1.165) is 9.75 Å². The van der Waals surface area contributed by atoms with Crippen molar-refractivity contribution in [1.82, 2.24) is 0 Å². The number of carbonyl (C=O) groups is 1. The number of rotatable bonds is 4. The van der Waals surface area contributed by atoms with Gasteiger partial charge in [0.25, 0.3) is 0 Å². The number of esters is 1. The minimum Gasteiger partial charge on any atom is -0.466 e. The van der Waals surface area contributed by atoms with Gasteiger partial charge in [0.1, 0.15) is 0 Å². The molecule has 0 N–H and O–H groups in total. The van der Waals surface area contributed by atoms with Crippen LogP contribution in [0.25, 0.3) is 6.08 Å². The van der Waals surface area contributed by atoms with Gasteiger partial charge in [-0.25, -0.2) is 0 Å². The summed E-state index contributed by atoms with van der Waals surface area (Å²) < 4.78 is 4.94. The average Bonchev–Trinajstić information content (AvgIpc) is 2.65. The van der Waals surface area contributed by atoms with Crippen molar-refractivity contribution in [3.63, 3.8) is 0 Å². The van der Waals surface area contributed by atoms with E-state index in [-0.39, 0.29) is 11.9 Å². The molecular formula is C11H14O2S. The Morgan fingerprint density at radius 2 is 2.43 bits per heavy atom. The molecule has 2 nitrogen and oxygen atoms in total. The van der Waals surface area contributed by atoms with Gasteiger partial charge < -0.3 is 4.74 Å². The summed E-state index contributed by atoms with van der Waals surface area (Å²) >= 11 is 1.58. The summed E-state index contributed by atoms with van der Waals surface area (Å²) in [5, 5.41) is 0. The molecule has 1 unspecified atom stereocenters. The van der Waals surface area contributed by atoms with Gasteiger partial charge in [-0.1, -0.05) is 12.7 Å². The third-order valence-electron chi connectivity index (χ3n) is 1.92. The summed E-state index contributed by atoms with van der Waals surface area (Å²) in [5.41, 5.74) is 0. The first-order valence-electron chi connectivity index (χ1n) is 4.57. The molecule has 1 aromatic heterocycles. The molecular weight excluding hydrogens is 196 g/mol. The smallest absolute Gasteiger partial charge is 0.313 e. The van der Waals surface area contributed by atoms with E-state index in [1.54, 1.807) is 17.4 Å². The second-order valence-corrected chi connectivity index (χ2v) is 4.06. The molecule has 1 heterocycles. The minimum atomic E-state index is -0.173. The van der Waals surface area contributed by atoms with Crippen LogP contribution in [0.3, 0.4) is 0 Å². The van der Waals surface area contributed by atoms with Crippen LogP contribution in [0.4, 0.5) is 0 Å². The summed E-state index contributed by atoms with van der Waals surface area (Å²) in [4.78, 5) is 13.5. The molecule has 0 radical (unpaired) electrons. The SMILES string of the molecule is C=Cc1ccc(C(C)C(=O)OCC)s1. The molecule has 14 heavy (non-hydrogen) atoms. The monoisotopic (exact) mass is 210 g/mol. The minimum absolute atomic E-state index is 0.162. The van der Waals surface area contributed by atoms with Crippen LogP contribution in [0.5, 0.6) is 0 Å². The summed E-state index contributed by atoms with van der Waals surface area (Å²) in [6.45, 7) is 7.78. The summed E-state index contributed by atoms with van der Waals surface area (Å²) in [6, 6.07) is 3.91. The molecule has 1 atom stereocenters. The van der Waals surface area contributed by atoms with Crippen molar-refractivity contribution >= 4 is 23.4 Å². The average molecular weight is 210 g/mol. The van der Waals surface area contributed by atoms with E-state index in [4.69, 9.17) is 4.74 Å². The highest BCUT2D eigenvalue weighted by atomic mass is 32.1. The fourth-order valence-corrected chi connectivity index (χ4v) is 1.99. The molecule has 0 bridgehead atoms. The highest BCUT2D eigenvalue weighted by Crippen LogP contribution is 2.26. The van der Waals surface area contributed by atoms with Crippen molar-refractivity contribution in [3.8, 4) is 0 Å². The Labute approximate surface area is 88.2 Å². The zero-order chi connectivity index (χ0) is 10.6. The van der Waals surface area contributed by atoms with Gasteiger partial charge in [0, 0.05) is 9.75 Å². The van der Waals surface area contributed by atoms with Gasteiger partial charge in [0.2, 0.25) is 0 Å². The van der Waals surface area contributed by atoms with Crippen molar-refractivity contribution in [3.05, 3.63) is 28.5 Å². The fraction of sp³-hybridized carbons (Fsp3) is 0.364. The number of ether oxygens (including phenoxy) is 1. The van der Waals surface area contributed by atoms with Gasteiger partial charge in [-0.05, 0) is 26.0 Å². The highest BCUT2D eigenvalue weighted by Gasteiger charge is 2.17. The molecule has 1 aromatic rings. The summed E-state index contributed by atoms with van der Waals surface area (Å²) in [7, 11) is 0. The Balaban J connectivity index is 2.73. The van der Waals surface area contributed by atoms with Gasteiger partial charge in [0.05, 0.1) is 12.5 Å². The van der Waals surface area contributed by atoms with Crippen LogP contribution in [0, 0.1) is 0 Å². The Morgan fingerprint density at radius 3 is 2.93 bits per heavy atom. The fourth-order valence-electron chi connectivity index (χ4n) is 1.09. The van der Waals surface area contributed by atoms with Crippen LogP contribution in [-0.2, 0) is 9.53 Å². The Bertz CT molecular complexity index is 328. The molecule has 0 aliphatic carbocycles. The zero-order valence-electron chi connectivity index (χ0n) is 8.45. The van der Waals surface area contributed by atoms with E-state index < -0.39 is 0 Å². The Kier molecular flexibility index (Phi) is 3.89. The van der Waals surface area contributed by atoms with E-state index >= 15 is 0 Å². The van der Waals surface area contributed by atoms with E-state index in [9.17, 15) is 4.79 Å². The molecule has 76 valence electrons. The number of thiophene rings is 1. The van der Waals surface area contributed by atoms with Crippen LogP contribution in [0.15, 0.2) is 18.7 Å². The third kappa shape index (κ3) is 2.45. The molecule has 1 rings (SSSR count). The van der Waals surface area contributed by atoms with Crippen molar-refractivity contribution in [1.29, 1.82) is 0 Å². The van der Waals surface area contributed by atoms with E-state index in [1.165, 1.54) is 0 Å². The van der Waals surface area contributed by atoms with Crippen molar-refractivity contribution in [2.75, 3.05) is 6.61 Å². The molecule has 0 aromatic carbocycles. The topological polar surface area (TPSA) is 26.3 Å². The first-order valence-corrected chi connectivity index (χ1v) is 5.39. The predicted octanol–water partition coefficient (Wildman–Crippen LogP) is 3.06. The molecule has 0 amide bonds. The molecule has 0 saturated heterocycles. The molecule has 0 spiro atoms. The number of hydrogen-bond acceptors (Lipinski definition) is 3. The second-order valence-electron chi connectivity index (χ2n) is 2.92. The molecule has 3 heteroatoms. The number of hydrogen-bond donors (Lipinski definition) is 0. The van der Waals surface area contributed by atoms with Crippen LogP contribution >= 0.6 is 11.3 Å². The molecule has 0 aliphatic rings. The van der Waals surface area contributed by atoms with Gasteiger partial charge in [-0.15, -0.1) is 11.3 Å². The van der Waals surface area contributed by atoms with Gasteiger partial charge in [-0.2, -0.15) is 0 Å². The maximum atomic E-state index is 11.4. The first kappa shape index (κ1) is 11.0.